The third-order valence-electron chi connectivity index (χ3n) is 2.18. The minimum Gasteiger partial charge on any atom is -0.399 e. The van der Waals surface area contributed by atoms with E-state index in [1.54, 1.807) is 17.8 Å². The van der Waals surface area contributed by atoms with Gasteiger partial charge < -0.3 is 11.5 Å². The van der Waals surface area contributed by atoms with Crippen molar-refractivity contribution in [2.75, 3.05) is 17.2 Å². The molecular weight excluding hydrogens is 232 g/mol. The fourth-order valence-corrected chi connectivity index (χ4v) is 2.07. The topological polar surface area (TPSA) is 77.8 Å². The van der Waals surface area contributed by atoms with Gasteiger partial charge in [0.1, 0.15) is 5.82 Å². The van der Waals surface area contributed by atoms with Crippen LogP contribution in [0.5, 0.6) is 0 Å². The van der Waals surface area contributed by atoms with Gasteiger partial charge >= 0.3 is 0 Å². The lowest BCUT2D eigenvalue weighted by Crippen LogP contribution is -1.97. The van der Waals surface area contributed by atoms with Crippen LogP contribution in [0, 0.1) is 0 Å². The lowest BCUT2D eigenvalue weighted by Gasteiger charge is -2.05. The van der Waals surface area contributed by atoms with Crippen LogP contribution in [-0.2, 0) is 0 Å². The molecule has 1 heterocycles. The number of hydrogen-bond acceptors (Lipinski definition) is 5. The summed E-state index contributed by atoms with van der Waals surface area (Å²) in [5, 5.41) is 0.699. The van der Waals surface area contributed by atoms with Gasteiger partial charge in [0.05, 0.1) is 5.69 Å². The maximum atomic E-state index is 5.77. The van der Waals surface area contributed by atoms with Crippen LogP contribution >= 0.6 is 11.8 Å². The highest BCUT2D eigenvalue weighted by molar-refractivity contribution is 7.99. The quantitative estimate of drug-likeness (QED) is 0.494. The summed E-state index contributed by atoms with van der Waals surface area (Å²) in [5.41, 5.74) is 14.0. The molecular formula is C12H14N4S. The Morgan fingerprint density at radius 2 is 2.00 bits per heavy atom. The van der Waals surface area contributed by atoms with E-state index < -0.39 is 0 Å². The molecule has 0 spiro atoms. The zero-order valence-electron chi connectivity index (χ0n) is 9.55. The monoisotopic (exact) mass is 246 g/mol. The highest BCUT2D eigenvalue weighted by Gasteiger charge is 2.05. The number of anilines is 2. The first-order valence-corrected chi connectivity index (χ1v) is 6.31. The Morgan fingerprint density at radius 1 is 1.18 bits per heavy atom. The first-order valence-electron chi connectivity index (χ1n) is 5.32. The molecule has 0 amide bonds. The zero-order chi connectivity index (χ0) is 12.3. The van der Waals surface area contributed by atoms with Crippen LogP contribution in [0.25, 0.3) is 11.3 Å². The summed E-state index contributed by atoms with van der Waals surface area (Å²) in [4.78, 5) is 8.62. The second-order valence-corrected chi connectivity index (χ2v) is 4.75. The molecule has 0 aliphatic rings. The van der Waals surface area contributed by atoms with Gasteiger partial charge in [-0.2, -0.15) is 0 Å². The maximum Gasteiger partial charge on any atom is 0.190 e. The number of aromatic nitrogens is 2. The van der Waals surface area contributed by atoms with Gasteiger partial charge in [-0.05, 0) is 17.9 Å². The Hall–Kier alpha value is -1.75. The van der Waals surface area contributed by atoms with Crippen LogP contribution in [0.2, 0.25) is 0 Å². The molecule has 1 aromatic heterocycles. The molecule has 0 atom stereocenters. The molecule has 0 saturated heterocycles. The van der Waals surface area contributed by atoms with Crippen molar-refractivity contribution >= 4 is 23.3 Å². The molecule has 0 bridgehead atoms. The molecule has 0 saturated carbocycles. The van der Waals surface area contributed by atoms with Crippen molar-refractivity contribution in [2.24, 2.45) is 0 Å². The number of thioether (sulfide) groups is 1. The summed E-state index contributed by atoms with van der Waals surface area (Å²) in [5.74, 6) is 1.40. The Balaban J connectivity index is 2.44. The van der Waals surface area contributed by atoms with Crippen LogP contribution in [0.3, 0.4) is 0 Å². The van der Waals surface area contributed by atoms with Crippen molar-refractivity contribution in [1.82, 2.24) is 9.97 Å². The van der Waals surface area contributed by atoms with Gasteiger partial charge in [0.25, 0.3) is 0 Å². The van der Waals surface area contributed by atoms with E-state index in [1.807, 2.05) is 24.3 Å². The number of benzene rings is 1. The molecule has 0 radical (unpaired) electrons. The predicted molar refractivity (Wildman–Crippen MR) is 72.7 cm³/mol. The van der Waals surface area contributed by atoms with Crippen molar-refractivity contribution in [2.45, 2.75) is 12.1 Å². The SMILES string of the molecule is CCSc1nc(N)cc(-c2cccc(N)c2)n1. The molecule has 0 aliphatic carbocycles. The Labute approximate surface area is 104 Å². The molecule has 17 heavy (non-hydrogen) atoms. The summed E-state index contributed by atoms with van der Waals surface area (Å²) >= 11 is 1.57. The van der Waals surface area contributed by atoms with E-state index in [0.717, 1.165) is 17.0 Å². The predicted octanol–water partition coefficient (Wildman–Crippen LogP) is 2.42. The van der Waals surface area contributed by atoms with Crippen molar-refractivity contribution < 1.29 is 0 Å². The average Bonchev–Trinajstić information content (AvgIpc) is 2.28. The Kier molecular flexibility index (Phi) is 3.49. The van der Waals surface area contributed by atoms with E-state index in [9.17, 15) is 0 Å². The standard InChI is InChI=1S/C12H14N4S/c1-2-17-12-15-10(7-11(14)16-12)8-4-3-5-9(13)6-8/h3-7H,2,13H2,1H3,(H2,14,15,16). The van der Waals surface area contributed by atoms with Gasteiger partial charge in [0.2, 0.25) is 0 Å². The normalized spacial score (nSPS) is 10.4. The van der Waals surface area contributed by atoms with Crippen LogP contribution < -0.4 is 11.5 Å². The molecule has 1 aromatic carbocycles. The van der Waals surface area contributed by atoms with Crippen LogP contribution in [0.4, 0.5) is 11.5 Å². The third-order valence-corrected chi connectivity index (χ3v) is 2.91. The second-order valence-electron chi connectivity index (χ2n) is 3.52. The number of nitrogens with zero attached hydrogens (tertiary/aromatic N) is 2. The molecule has 2 rings (SSSR count). The second kappa shape index (κ2) is 5.05. The van der Waals surface area contributed by atoms with Gasteiger partial charge in [0, 0.05) is 17.3 Å². The summed E-state index contributed by atoms with van der Waals surface area (Å²) in [6.45, 7) is 2.05. The van der Waals surface area contributed by atoms with Crippen LogP contribution in [0.1, 0.15) is 6.92 Å². The van der Waals surface area contributed by atoms with Crippen molar-refractivity contribution in [3.05, 3.63) is 30.3 Å². The van der Waals surface area contributed by atoms with Crippen LogP contribution in [0.15, 0.2) is 35.5 Å². The lowest BCUT2D eigenvalue weighted by molar-refractivity contribution is 0.982. The summed E-state index contributed by atoms with van der Waals surface area (Å²) in [6, 6.07) is 9.33. The fraction of sp³-hybridized carbons (Fsp3) is 0.167. The molecule has 88 valence electrons. The van der Waals surface area contributed by atoms with Crippen molar-refractivity contribution in [3.63, 3.8) is 0 Å². The van der Waals surface area contributed by atoms with Gasteiger partial charge in [-0.3, -0.25) is 0 Å². The zero-order valence-corrected chi connectivity index (χ0v) is 10.4. The fourth-order valence-electron chi connectivity index (χ4n) is 1.48. The van der Waals surface area contributed by atoms with Crippen molar-refractivity contribution in [3.8, 4) is 11.3 Å². The van der Waals surface area contributed by atoms with Gasteiger partial charge in [-0.15, -0.1) is 0 Å². The van der Waals surface area contributed by atoms with Gasteiger partial charge in [-0.1, -0.05) is 30.8 Å². The summed E-state index contributed by atoms with van der Waals surface area (Å²) in [6.07, 6.45) is 0. The first-order chi connectivity index (χ1) is 8.19. The molecule has 0 aliphatic heterocycles. The maximum absolute atomic E-state index is 5.77. The van der Waals surface area contributed by atoms with E-state index in [0.29, 0.717) is 16.7 Å². The number of rotatable bonds is 3. The molecule has 4 N–H and O–H groups in total. The average molecular weight is 246 g/mol. The van der Waals surface area contributed by atoms with Crippen LogP contribution in [-0.4, -0.2) is 15.7 Å². The molecule has 5 heteroatoms. The lowest BCUT2D eigenvalue weighted by atomic mass is 10.1. The van der Waals surface area contributed by atoms with E-state index >= 15 is 0 Å². The molecule has 4 nitrogen and oxygen atoms in total. The van der Waals surface area contributed by atoms with Crippen molar-refractivity contribution in [1.29, 1.82) is 0 Å². The Bertz CT molecular complexity index is 528. The molecule has 2 aromatic rings. The summed E-state index contributed by atoms with van der Waals surface area (Å²) < 4.78 is 0. The van der Waals surface area contributed by atoms with E-state index in [2.05, 4.69) is 16.9 Å². The van der Waals surface area contributed by atoms with Gasteiger partial charge in [-0.25, -0.2) is 9.97 Å². The Morgan fingerprint density at radius 3 is 2.71 bits per heavy atom. The highest BCUT2D eigenvalue weighted by atomic mass is 32.2. The molecule has 0 unspecified atom stereocenters. The largest absolute Gasteiger partial charge is 0.399 e. The third kappa shape index (κ3) is 2.88. The number of nitrogen functional groups attached to an aromatic ring is 2. The summed E-state index contributed by atoms with van der Waals surface area (Å²) in [7, 11) is 0. The smallest absolute Gasteiger partial charge is 0.190 e. The number of hydrogen-bond donors (Lipinski definition) is 2. The minimum absolute atomic E-state index is 0.480. The first kappa shape index (κ1) is 11.7. The highest BCUT2D eigenvalue weighted by Crippen LogP contribution is 2.23. The van der Waals surface area contributed by atoms with E-state index in [1.165, 1.54) is 0 Å². The van der Waals surface area contributed by atoms with E-state index in [-0.39, 0.29) is 0 Å². The van der Waals surface area contributed by atoms with E-state index in [4.69, 9.17) is 11.5 Å². The minimum atomic E-state index is 0.480. The van der Waals surface area contributed by atoms with Gasteiger partial charge in [0.15, 0.2) is 5.16 Å². The number of nitrogens with two attached hydrogens (primary N) is 2. The molecule has 0 fully saturated rings.